The highest BCUT2D eigenvalue weighted by atomic mass is 32.2. The number of ether oxygens (including phenoxy) is 4. The van der Waals surface area contributed by atoms with Gasteiger partial charge in [0, 0.05) is 11.5 Å². The van der Waals surface area contributed by atoms with Crippen molar-refractivity contribution in [3.63, 3.8) is 0 Å². The molecule has 1 saturated heterocycles. The van der Waals surface area contributed by atoms with Crippen LogP contribution >= 0.6 is 11.8 Å². The predicted octanol–water partition coefficient (Wildman–Crippen LogP) is 3.92. The number of unbranched alkanes of at least 4 members (excludes halogenated alkanes) is 5. The van der Waals surface area contributed by atoms with Gasteiger partial charge in [-0.1, -0.05) is 45.4 Å². The molecule has 1 heterocycles. The summed E-state index contributed by atoms with van der Waals surface area (Å²) in [5, 5.41) is 0. The quantitative estimate of drug-likeness (QED) is 0.652. The molecule has 23 heavy (non-hydrogen) atoms. The van der Waals surface area contributed by atoms with E-state index in [2.05, 4.69) is 6.92 Å². The normalized spacial score (nSPS) is 23.1. The Morgan fingerprint density at radius 2 is 1.35 bits per heavy atom. The third-order valence-corrected chi connectivity index (χ3v) is 4.94. The SMILES string of the molecule is CCCCCCCCC1CSCCOCCOCCOCCO1. The van der Waals surface area contributed by atoms with Crippen molar-refractivity contribution in [2.75, 3.05) is 57.8 Å². The largest absolute Gasteiger partial charge is 0.378 e. The standard InChI is InChI=1S/C18H36O4S/c1-2-3-4-5-6-7-8-18-17-23-16-15-21-12-11-19-9-10-20-13-14-22-18/h18H,2-17H2,1H3. The number of hydrogen-bond donors (Lipinski definition) is 0. The second-order valence-corrected chi connectivity index (χ2v) is 7.11. The summed E-state index contributed by atoms with van der Waals surface area (Å²) in [6.45, 7) is 7.03. The maximum absolute atomic E-state index is 6.02. The van der Waals surface area contributed by atoms with Gasteiger partial charge in [0.1, 0.15) is 0 Å². The summed E-state index contributed by atoms with van der Waals surface area (Å²) >= 11 is 1.93. The van der Waals surface area contributed by atoms with E-state index in [4.69, 9.17) is 18.9 Å². The highest BCUT2D eigenvalue weighted by Crippen LogP contribution is 2.15. The number of rotatable bonds is 7. The molecule has 1 atom stereocenters. The van der Waals surface area contributed by atoms with Gasteiger partial charge in [-0.05, 0) is 6.42 Å². The summed E-state index contributed by atoms with van der Waals surface area (Å²) in [6, 6.07) is 0. The molecule has 1 rings (SSSR count). The first kappa shape index (κ1) is 21.2. The van der Waals surface area contributed by atoms with Crippen molar-refractivity contribution in [3.8, 4) is 0 Å². The van der Waals surface area contributed by atoms with Crippen molar-refractivity contribution in [1.29, 1.82) is 0 Å². The van der Waals surface area contributed by atoms with Crippen molar-refractivity contribution in [2.45, 2.75) is 58.0 Å². The Morgan fingerprint density at radius 1 is 0.739 bits per heavy atom. The lowest BCUT2D eigenvalue weighted by atomic mass is 10.1. The van der Waals surface area contributed by atoms with Crippen LogP contribution in [-0.2, 0) is 18.9 Å². The Hall–Kier alpha value is 0.190. The van der Waals surface area contributed by atoms with Gasteiger partial charge < -0.3 is 18.9 Å². The van der Waals surface area contributed by atoms with E-state index in [1.54, 1.807) is 0 Å². The minimum Gasteiger partial charge on any atom is -0.378 e. The van der Waals surface area contributed by atoms with Gasteiger partial charge in [-0.2, -0.15) is 11.8 Å². The first-order chi connectivity index (χ1) is 11.4. The molecule has 1 unspecified atom stereocenters. The zero-order valence-corrected chi connectivity index (χ0v) is 15.7. The smallest absolute Gasteiger partial charge is 0.0704 e. The van der Waals surface area contributed by atoms with Gasteiger partial charge in [-0.15, -0.1) is 0 Å². The summed E-state index contributed by atoms with van der Waals surface area (Å²) < 4.78 is 22.5. The monoisotopic (exact) mass is 348 g/mol. The van der Waals surface area contributed by atoms with E-state index in [-0.39, 0.29) is 0 Å². The highest BCUT2D eigenvalue weighted by molar-refractivity contribution is 7.99. The van der Waals surface area contributed by atoms with Crippen molar-refractivity contribution >= 4 is 11.8 Å². The van der Waals surface area contributed by atoms with Crippen LogP contribution < -0.4 is 0 Å². The Labute approximate surface area is 147 Å². The molecule has 0 aromatic heterocycles. The van der Waals surface area contributed by atoms with Gasteiger partial charge in [0.15, 0.2) is 0 Å². The van der Waals surface area contributed by atoms with E-state index in [0.717, 1.165) is 18.1 Å². The van der Waals surface area contributed by atoms with Crippen LogP contribution in [0.3, 0.4) is 0 Å². The Bertz CT molecular complexity index is 225. The maximum atomic E-state index is 6.02. The minimum absolute atomic E-state index is 0.358. The van der Waals surface area contributed by atoms with Crippen molar-refractivity contribution < 1.29 is 18.9 Å². The summed E-state index contributed by atoms with van der Waals surface area (Å²) in [5.74, 6) is 2.10. The van der Waals surface area contributed by atoms with E-state index < -0.39 is 0 Å². The van der Waals surface area contributed by atoms with E-state index in [1.165, 1.54) is 44.9 Å². The van der Waals surface area contributed by atoms with E-state index in [9.17, 15) is 0 Å². The van der Waals surface area contributed by atoms with Gasteiger partial charge in [0.2, 0.25) is 0 Å². The maximum Gasteiger partial charge on any atom is 0.0704 e. The molecule has 4 nitrogen and oxygen atoms in total. The average Bonchev–Trinajstić information content (AvgIpc) is 2.57. The van der Waals surface area contributed by atoms with E-state index in [0.29, 0.717) is 45.7 Å². The lowest BCUT2D eigenvalue weighted by molar-refractivity contribution is -0.0141. The molecule has 1 aliphatic rings. The molecule has 0 N–H and O–H groups in total. The molecule has 1 aliphatic heterocycles. The molecule has 1 fully saturated rings. The van der Waals surface area contributed by atoms with E-state index in [1.807, 2.05) is 11.8 Å². The third-order valence-electron chi connectivity index (χ3n) is 3.88. The molecule has 138 valence electrons. The fourth-order valence-electron chi connectivity index (χ4n) is 2.52. The molecule has 0 spiro atoms. The lowest BCUT2D eigenvalue weighted by Gasteiger charge is -2.18. The van der Waals surface area contributed by atoms with Crippen LogP contribution in [0.2, 0.25) is 0 Å². The molecular weight excluding hydrogens is 312 g/mol. The first-order valence-electron chi connectivity index (χ1n) is 9.36. The molecule has 5 heteroatoms. The van der Waals surface area contributed by atoms with Gasteiger partial charge >= 0.3 is 0 Å². The zero-order chi connectivity index (χ0) is 16.4. The minimum atomic E-state index is 0.358. The Balaban J connectivity index is 2.15. The molecule has 0 bridgehead atoms. The second-order valence-electron chi connectivity index (χ2n) is 5.96. The van der Waals surface area contributed by atoms with E-state index >= 15 is 0 Å². The fourth-order valence-corrected chi connectivity index (χ4v) is 3.44. The zero-order valence-electron chi connectivity index (χ0n) is 14.9. The van der Waals surface area contributed by atoms with Crippen LogP contribution in [0, 0.1) is 0 Å². The summed E-state index contributed by atoms with van der Waals surface area (Å²) in [4.78, 5) is 0. The summed E-state index contributed by atoms with van der Waals surface area (Å²) in [5.41, 5.74) is 0. The van der Waals surface area contributed by atoms with Crippen molar-refractivity contribution in [2.24, 2.45) is 0 Å². The number of hydrogen-bond acceptors (Lipinski definition) is 5. The van der Waals surface area contributed by atoms with Gasteiger partial charge in [-0.3, -0.25) is 0 Å². The Kier molecular flexibility index (Phi) is 15.7. The topological polar surface area (TPSA) is 36.9 Å². The third kappa shape index (κ3) is 14.3. The molecular formula is C18H36O4S. The molecule has 0 aliphatic carbocycles. The van der Waals surface area contributed by atoms with Gasteiger partial charge in [-0.25, -0.2) is 0 Å². The first-order valence-corrected chi connectivity index (χ1v) is 10.5. The van der Waals surface area contributed by atoms with Crippen LogP contribution in [0.1, 0.15) is 51.9 Å². The molecule has 0 amide bonds. The number of thioether (sulfide) groups is 1. The van der Waals surface area contributed by atoms with Crippen LogP contribution in [0.15, 0.2) is 0 Å². The van der Waals surface area contributed by atoms with Crippen molar-refractivity contribution in [3.05, 3.63) is 0 Å². The van der Waals surface area contributed by atoms with Crippen LogP contribution in [0.25, 0.3) is 0 Å². The second kappa shape index (κ2) is 17.0. The molecule has 0 aromatic carbocycles. The lowest BCUT2D eigenvalue weighted by Crippen LogP contribution is -2.20. The average molecular weight is 349 g/mol. The van der Waals surface area contributed by atoms with Crippen LogP contribution in [0.4, 0.5) is 0 Å². The molecule has 0 aromatic rings. The van der Waals surface area contributed by atoms with Gasteiger partial charge in [0.05, 0.1) is 52.4 Å². The van der Waals surface area contributed by atoms with Crippen LogP contribution in [0.5, 0.6) is 0 Å². The van der Waals surface area contributed by atoms with Crippen molar-refractivity contribution in [1.82, 2.24) is 0 Å². The fraction of sp³-hybridized carbons (Fsp3) is 1.00. The molecule has 0 radical (unpaired) electrons. The summed E-state index contributed by atoms with van der Waals surface area (Å²) in [6.07, 6.45) is 9.57. The Morgan fingerprint density at radius 3 is 2.09 bits per heavy atom. The predicted molar refractivity (Wildman–Crippen MR) is 97.5 cm³/mol. The van der Waals surface area contributed by atoms with Gasteiger partial charge in [0.25, 0.3) is 0 Å². The molecule has 0 saturated carbocycles. The van der Waals surface area contributed by atoms with Crippen LogP contribution in [-0.4, -0.2) is 63.9 Å². The summed E-state index contributed by atoms with van der Waals surface area (Å²) in [7, 11) is 0. The highest BCUT2D eigenvalue weighted by Gasteiger charge is 2.09.